The molecule has 1 rings (SSSR count). The number of rotatable bonds is 4. The zero-order valence-corrected chi connectivity index (χ0v) is 8.99. The van der Waals surface area contributed by atoms with E-state index in [1.807, 2.05) is 0 Å². The summed E-state index contributed by atoms with van der Waals surface area (Å²) in [6.45, 7) is 4.62. The van der Waals surface area contributed by atoms with E-state index in [9.17, 15) is 0 Å². The van der Waals surface area contributed by atoms with Crippen molar-refractivity contribution in [1.29, 1.82) is 0 Å². The molecule has 0 saturated heterocycles. The first-order chi connectivity index (χ1) is 5.59. The molecule has 0 bridgehead atoms. The molecule has 0 aromatic carbocycles. The Balaban J connectivity index is 2.29. The van der Waals surface area contributed by atoms with Crippen molar-refractivity contribution in [2.75, 3.05) is 12.9 Å². The minimum Gasteiger partial charge on any atom is -0.380 e. The topological polar surface area (TPSA) is 35.2 Å². The van der Waals surface area contributed by atoms with Crippen molar-refractivity contribution in [3.05, 3.63) is 0 Å². The van der Waals surface area contributed by atoms with Crippen LogP contribution in [0, 0.1) is 11.3 Å². The van der Waals surface area contributed by atoms with Crippen LogP contribution in [-0.2, 0) is 4.74 Å². The zero-order valence-electron chi connectivity index (χ0n) is 8.17. The molecule has 0 heterocycles. The second-order valence-electron chi connectivity index (χ2n) is 4.44. The first kappa shape index (κ1) is 10.4. The molecule has 2 nitrogen and oxygen atoms in total. The molecule has 72 valence electrons. The van der Waals surface area contributed by atoms with Crippen molar-refractivity contribution >= 4 is 11.9 Å². The van der Waals surface area contributed by atoms with Crippen molar-refractivity contribution in [3.8, 4) is 0 Å². The lowest BCUT2D eigenvalue weighted by molar-refractivity contribution is -0.0248. The van der Waals surface area contributed by atoms with Crippen LogP contribution in [0.4, 0.5) is 0 Å². The van der Waals surface area contributed by atoms with E-state index in [1.165, 1.54) is 24.8 Å². The molecular formula is C9H19NOS. The molecule has 0 radical (unpaired) electrons. The van der Waals surface area contributed by atoms with Gasteiger partial charge < -0.3 is 4.74 Å². The van der Waals surface area contributed by atoms with Crippen molar-refractivity contribution < 1.29 is 4.74 Å². The molecule has 0 aliphatic heterocycles. The number of hydrogen-bond donors (Lipinski definition) is 1. The molecule has 0 spiro atoms. The Kier molecular flexibility index (Phi) is 3.44. The molecule has 1 saturated carbocycles. The van der Waals surface area contributed by atoms with Gasteiger partial charge in [-0.1, -0.05) is 25.8 Å². The van der Waals surface area contributed by atoms with Crippen molar-refractivity contribution in [1.82, 2.24) is 0 Å². The second kappa shape index (κ2) is 3.99. The van der Waals surface area contributed by atoms with Gasteiger partial charge in [-0.25, -0.2) is 0 Å². The maximum Gasteiger partial charge on any atom is 0.0702 e. The minimum absolute atomic E-state index is 0.369. The molecule has 1 aliphatic rings. The van der Waals surface area contributed by atoms with Gasteiger partial charge in [0, 0.05) is 12.9 Å². The van der Waals surface area contributed by atoms with Crippen LogP contribution in [0.25, 0.3) is 0 Å². The van der Waals surface area contributed by atoms with Crippen molar-refractivity contribution in [3.63, 3.8) is 0 Å². The van der Waals surface area contributed by atoms with Crippen LogP contribution in [-0.4, -0.2) is 19.0 Å². The highest BCUT2D eigenvalue weighted by atomic mass is 32.2. The summed E-state index contributed by atoms with van der Waals surface area (Å²) in [5, 5.41) is 5.43. The summed E-state index contributed by atoms with van der Waals surface area (Å²) in [7, 11) is 1.78. The monoisotopic (exact) mass is 189 g/mol. The summed E-state index contributed by atoms with van der Waals surface area (Å²) in [5.41, 5.74) is 0.542. The van der Waals surface area contributed by atoms with Gasteiger partial charge in [-0.15, -0.1) is 0 Å². The van der Waals surface area contributed by atoms with E-state index in [4.69, 9.17) is 9.88 Å². The molecule has 2 N–H and O–H groups in total. The number of methoxy groups -OCH3 is 1. The lowest BCUT2D eigenvalue weighted by atomic mass is 9.63. The number of ether oxygens (including phenoxy) is 1. The highest BCUT2D eigenvalue weighted by Crippen LogP contribution is 2.47. The van der Waals surface area contributed by atoms with Gasteiger partial charge in [0.1, 0.15) is 0 Å². The summed E-state index contributed by atoms with van der Waals surface area (Å²) < 4.78 is 5.39. The Hall–Kier alpha value is 0.270. The molecule has 1 atom stereocenters. The van der Waals surface area contributed by atoms with Gasteiger partial charge in [0.2, 0.25) is 0 Å². The molecule has 0 amide bonds. The Bertz CT molecular complexity index is 141. The largest absolute Gasteiger partial charge is 0.380 e. The summed E-state index contributed by atoms with van der Waals surface area (Å²) >= 11 is 1.39. The predicted octanol–water partition coefficient (Wildman–Crippen LogP) is 2.04. The average Bonchev–Trinajstić information content (AvgIpc) is 1.95. The van der Waals surface area contributed by atoms with Crippen LogP contribution in [0.3, 0.4) is 0 Å². The highest BCUT2D eigenvalue weighted by Gasteiger charge is 2.40. The van der Waals surface area contributed by atoms with Gasteiger partial charge in [0.25, 0.3) is 0 Å². The van der Waals surface area contributed by atoms with E-state index in [0.717, 1.165) is 11.7 Å². The summed E-state index contributed by atoms with van der Waals surface area (Å²) in [6.07, 6.45) is 2.94. The average molecular weight is 189 g/mol. The van der Waals surface area contributed by atoms with Gasteiger partial charge in [0.05, 0.1) is 6.10 Å². The normalized spacial score (nSPS) is 25.0. The first-order valence-corrected chi connectivity index (χ1v) is 5.48. The first-order valence-electron chi connectivity index (χ1n) is 4.43. The maximum absolute atomic E-state index is 5.43. The quantitative estimate of drug-likeness (QED) is 0.687. The van der Waals surface area contributed by atoms with Gasteiger partial charge in [-0.3, -0.25) is 5.14 Å². The van der Waals surface area contributed by atoms with Crippen LogP contribution in [0.5, 0.6) is 0 Å². The van der Waals surface area contributed by atoms with E-state index in [1.54, 1.807) is 7.11 Å². The molecule has 1 fully saturated rings. The lowest BCUT2D eigenvalue weighted by Gasteiger charge is -2.45. The number of nitrogens with two attached hydrogens (primary N) is 1. The summed E-state index contributed by atoms with van der Waals surface area (Å²) in [5.74, 6) is 1.66. The fourth-order valence-corrected chi connectivity index (χ4v) is 2.71. The standard InChI is InChI=1S/C9H19NOS/c1-9(2)4-7(5-9)8(11-3)6-12-10/h7-8H,4-6,10H2,1-3H3. The fourth-order valence-electron chi connectivity index (χ4n) is 2.11. The van der Waals surface area contributed by atoms with E-state index in [2.05, 4.69) is 13.8 Å². The second-order valence-corrected chi connectivity index (χ2v) is 5.11. The van der Waals surface area contributed by atoms with E-state index in [0.29, 0.717) is 11.5 Å². The molecule has 0 aromatic rings. The zero-order chi connectivity index (χ0) is 9.19. The van der Waals surface area contributed by atoms with E-state index in [-0.39, 0.29) is 0 Å². The molecule has 1 unspecified atom stereocenters. The van der Waals surface area contributed by atoms with Gasteiger partial charge in [-0.2, -0.15) is 0 Å². The predicted molar refractivity (Wildman–Crippen MR) is 53.9 cm³/mol. The highest BCUT2D eigenvalue weighted by molar-refractivity contribution is 7.97. The SMILES string of the molecule is COC(CSN)C1CC(C)(C)C1. The van der Waals surface area contributed by atoms with E-state index >= 15 is 0 Å². The Morgan fingerprint density at radius 3 is 2.50 bits per heavy atom. The van der Waals surface area contributed by atoms with Crippen LogP contribution in [0.15, 0.2) is 0 Å². The van der Waals surface area contributed by atoms with Gasteiger partial charge >= 0.3 is 0 Å². The van der Waals surface area contributed by atoms with Crippen LogP contribution < -0.4 is 5.14 Å². The molecule has 1 aliphatic carbocycles. The Labute approximate surface area is 79.4 Å². The van der Waals surface area contributed by atoms with Crippen molar-refractivity contribution in [2.24, 2.45) is 16.5 Å². The Morgan fingerprint density at radius 2 is 2.17 bits per heavy atom. The summed E-state index contributed by atoms with van der Waals surface area (Å²) in [6, 6.07) is 0. The molecule has 12 heavy (non-hydrogen) atoms. The van der Waals surface area contributed by atoms with Gasteiger partial charge in [-0.05, 0) is 24.2 Å². The lowest BCUT2D eigenvalue weighted by Crippen LogP contribution is -2.41. The summed E-state index contributed by atoms with van der Waals surface area (Å²) in [4.78, 5) is 0. The van der Waals surface area contributed by atoms with Crippen LogP contribution in [0.2, 0.25) is 0 Å². The van der Waals surface area contributed by atoms with E-state index < -0.39 is 0 Å². The molecule has 3 heteroatoms. The third-order valence-corrected chi connectivity index (χ3v) is 3.24. The number of hydrogen-bond acceptors (Lipinski definition) is 3. The maximum atomic E-state index is 5.43. The minimum atomic E-state index is 0.369. The molecular weight excluding hydrogens is 170 g/mol. The van der Waals surface area contributed by atoms with Crippen molar-refractivity contribution in [2.45, 2.75) is 32.8 Å². The third kappa shape index (κ3) is 2.38. The van der Waals surface area contributed by atoms with Gasteiger partial charge in [0.15, 0.2) is 0 Å². The van der Waals surface area contributed by atoms with Crippen LogP contribution in [0.1, 0.15) is 26.7 Å². The smallest absolute Gasteiger partial charge is 0.0702 e. The fraction of sp³-hybridized carbons (Fsp3) is 1.00. The van der Waals surface area contributed by atoms with Crippen LogP contribution >= 0.6 is 11.9 Å². The third-order valence-electron chi connectivity index (χ3n) is 2.72. The Morgan fingerprint density at radius 1 is 1.58 bits per heavy atom. The molecule has 0 aromatic heterocycles.